The normalized spacial score (nSPS) is 13.4. The summed E-state index contributed by atoms with van der Waals surface area (Å²) in [5, 5.41) is 3.00. The van der Waals surface area contributed by atoms with E-state index in [1.165, 1.54) is 5.56 Å². The number of nitrogens with zero attached hydrogens (tertiary/aromatic N) is 1. The summed E-state index contributed by atoms with van der Waals surface area (Å²) in [4.78, 5) is 14.0. The zero-order chi connectivity index (χ0) is 14.3. The van der Waals surface area contributed by atoms with Crippen molar-refractivity contribution in [3.63, 3.8) is 0 Å². The first-order valence-corrected chi connectivity index (χ1v) is 6.72. The van der Waals surface area contributed by atoms with E-state index in [1.807, 2.05) is 52.2 Å². The monoisotopic (exact) mass is 260 g/mol. The third kappa shape index (κ3) is 4.87. The van der Waals surface area contributed by atoms with E-state index in [9.17, 15) is 4.79 Å². The number of likely N-dealkylation sites (N-methyl/N-ethyl adjacent to an activating group) is 1. The lowest BCUT2D eigenvalue weighted by Gasteiger charge is -2.25. The van der Waals surface area contributed by atoms with Crippen molar-refractivity contribution in [3.05, 3.63) is 47.5 Å². The molecule has 0 aromatic heterocycles. The second kappa shape index (κ2) is 7.74. The average Bonchev–Trinajstić information content (AvgIpc) is 2.39. The van der Waals surface area contributed by atoms with Crippen LogP contribution in [0.4, 0.5) is 0 Å². The summed E-state index contributed by atoms with van der Waals surface area (Å²) in [7, 11) is 4.05. The first-order valence-electron chi connectivity index (χ1n) is 6.72. The van der Waals surface area contributed by atoms with Gasteiger partial charge in [-0.3, -0.25) is 4.79 Å². The molecule has 3 nitrogen and oxygen atoms in total. The van der Waals surface area contributed by atoms with Crippen LogP contribution in [0.15, 0.2) is 42.0 Å². The minimum atomic E-state index is 0.0182. The van der Waals surface area contributed by atoms with Crippen LogP contribution in [0.2, 0.25) is 0 Å². The molecule has 0 aliphatic rings. The number of nitrogens with one attached hydrogen (secondary N) is 1. The minimum Gasteiger partial charge on any atom is -0.350 e. The number of hydrogen-bond donors (Lipinski definition) is 1. The Morgan fingerprint density at radius 1 is 1.32 bits per heavy atom. The van der Waals surface area contributed by atoms with Gasteiger partial charge in [0.15, 0.2) is 0 Å². The highest BCUT2D eigenvalue weighted by atomic mass is 16.1. The molecule has 0 saturated heterocycles. The molecule has 0 bridgehead atoms. The van der Waals surface area contributed by atoms with Gasteiger partial charge in [0.05, 0.1) is 6.04 Å². The number of allylic oxidation sites excluding steroid dienone is 1. The minimum absolute atomic E-state index is 0.0182. The van der Waals surface area contributed by atoms with Gasteiger partial charge in [0.2, 0.25) is 5.91 Å². The molecule has 0 fully saturated rings. The quantitative estimate of drug-likeness (QED) is 0.798. The number of amides is 1. The summed E-state index contributed by atoms with van der Waals surface area (Å²) < 4.78 is 0. The topological polar surface area (TPSA) is 32.3 Å². The molecule has 1 atom stereocenters. The fourth-order valence-electron chi connectivity index (χ4n) is 2.00. The van der Waals surface area contributed by atoms with Crippen molar-refractivity contribution in [2.45, 2.75) is 26.3 Å². The van der Waals surface area contributed by atoms with Crippen LogP contribution >= 0.6 is 0 Å². The molecule has 0 spiro atoms. The van der Waals surface area contributed by atoms with Crippen LogP contribution < -0.4 is 5.32 Å². The second-order valence-electron chi connectivity index (χ2n) is 4.90. The van der Waals surface area contributed by atoms with Crippen LogP contribution in [0.25, 0.3) is 0 Å². The lowest BCUT2D eigenvalue weighted by Crippen LogP contribution is -2.34. The van der Waals surface area contributed by atoms with E-state index in [4.69, 9.17) is 0 Å². The molecule has 0 heterocycles. The molecule has 1 aromatic rings. The van der Waals surface area contributed by atoms with Gasteiger partial charge in [0.1, 0.15) is 0 Å². The standard InChI is InChI=1S/C16H24N2O/c1-5-9-13(2)16(19)17-12-15(18(3)4)14-10-7-6-8-11-14/h6-11,15H,5,12H2,1-4H3,(H,17,19)/b13-9-/t15-/m0/s1. The summed E-state index contributed by atoms with van der Waals surface area (Å²) in [6.07, 6.45) is 2.83. The molecule has 19 heavy (non-hydrogen) atoms. The van der Waals surface area contributed by atoms with Crippen LogP contribution in [-0.4, -0.2) is 31.4 Å². The van der Waals surface area contributed by atoms with Gasteiger partial charge in [-0.25, -0.2) is 0 Å². The van der Waals surface area contributed by atoms with E-state index in [-0.39, 0.29) is 11.9 Å². The van der Waals surface area contributed by atoms with Crippen molar-refractivity contribution in [1.29, 1.82) is 0 Å². The van der Waals surface area contributed by atoms with Crippen LogP contribution in [0.1, 0.15) is 31.9 Å². The van der Waals surface area contributed by atoms with E-state index in [0.717, 1.165) is 12.0 Å². The Morgan fingerprint density at radius 2 is 1.95 bits per heavy atom. The van der Waals surface area contributed by atoms with E-state index >= 15 is 0 Å². The Morgan fingerprint density at radius 3 is 2.47 bits per heavy atom. The van der Waals surface area contributed by atoms with E-state index in [0.29, 0.717) is 6.54 Å². The first-order chi connectivity index (χ1) is 9.06. The van der Waals surface area contributed by atoms with E-state index in [1.54, 1.807) is 0 Å². The summed E-state index contributed by atoms with van der Waals surface area (Å²) in [5.74, 6) is 0.0182. The van der Waals surface area contributed by atoms with Crippen LogP contribution in [0, 0.1) is 0 Å². The Bertz CT molecular complexity index is 424. The molecule has 0 radical (unpaired) electrons. The highest BCUT2D eigenvalue weighted by molar-refractivity contribution is 5.92. The van der Waals surface area contributed by atoms with E-state index in [2.05, 4.69) is 22.3 Å². The Hall–Kier alpha value is -1.61. The van der Waals surface area contributed by atoms with Crippen LogP contribution in [0.5, 0.6) is 0 Å². The van der Waals surface area contributed by atoms with Gasteiger partial charge in [-0.2, -0.15) is 0 Å². The van der Waals surface area contributed by atoms with Crippen LogP contribution in [0.3, 0.4) is 0 Å². The summed E-state index contributed by atoms with van der Waals surface area (Å²) in [5.41, 5.74) is 2.00. The number of carbonyl (C=O) groups excluding carboxylic acids is 1. The second-order valence-corrected chi connectivity index (χ2v) is 4.90. The highest BCUT2D eigenvalue weighted by Gasteiger charge is 2.15. The van der Waals surface area contributed by atoms with Gasteiger partial charge in [-0.1, -0.05) is 43.3 Å². The SMILES string of the molecule is CC/C=C(/C)C(=O)NC[C@@H](c1ccccc1)N(C)C. The largest absolute Gasteiger partial charge is 0.350 e. The van der Waals surface area contributed by atoms with Gasteiger partial charge >= 0.3 is 0 Å². The van der Waals surface area contributed by atoms with Gasteiger partial charge in [0.25, 0.3) is 0 Å². The number of rotatable bonds is 6. The van der Waals surface area contributed by atoms with Crippen molar-refractivity contribution >= 4 is 5.91 Å². The summed E-state index contributed by atoms with van der Waals surface area (Å²) in [6.45, 7) is 4.50. The van der Waals surface area contributed by atoms with Crippen molar-refractivity contribution in [3.8, 4) is 0 Å². The number of carbonyl (C=O) groups is 1. The summed E-state index contributed by atoms with van der Waals surface area (Å²) >= 11 is 0. The number of benzene rings is 1. The van der Waals surface area contributed by atoms with Crippen molar-refractivity contribution in [2.75, 3.05) is 20.6 Å². The smallest absolute Gasteiger partial charge is 0.246 e. The zero-order valence-corrected chi connectivity index (χ0v) is 12.3. The Balaban J connectivity index is 2.67. The third-order valence-corrected chi connectivity index (χ3v) is 3.13. The Labute approximate surface area is 116 Å². The maximum atomic E-state index is 11.9. The maximum Gasteiger partial charge on any atom is 0.246 e. The fourth-order valence-corrected chi connectivity index (χ4v) is 2.00. The average molecular weight is 260 g/mol. The van der Waals surface area contributed by atoms with E-state index < -0.39 is 0 Å². The van der Waals surface area contributed by atoms with Crippen molar-refractivity contribution in [1.82, 2.24) is 10.2 Å². The molecular formula is C16H24N2O. The van der Waals surface area contributed by atoms with Gasteiger partial charge in [0, 0.05) is 12.1 Å². The Kier molecular flexibility index (Phi) is 6.30. The fraction of sp³-hybridized carbons (Fsp3) is 0.438. The maximum absolute atomic E-state index is 11.9. The molecule has 0 unspecified atom stereocenters. The summed E-state index contributed by atoms with van der Waals surface area (Å²) in [6, 6.07) is 10.4. The third-order valence-electron chi connectivity index (χ3n) is 3.13. The zero-order valence-electron chi connectivity index (χ0n) is 12.3. The molecule has 0 aliphatic heterocycles. The molecule has 1 amide bonds. The molecule has 0 saturated carbocycles. The first kappa shape index (κ1) is 15.4. The highest BCUT2D eigenvalue weighted by Crippen LogP contribution is 2.16. The van der Waals surface area contributed by atoms with Gasteiger partial charge < -0.3 is 10.2 Å². The molecule has 1 rings (SSSR count). The van der Waals surface area contributed by atoms with Gasteiger partial charge in [-0.05, 0) is 33.0 Å². The lowest BCUT2D eigenvalue weighted by atomic mass is 10.1. The molecular weight excluding hydrogens is 236 g/mol. The van der Waals surface area contributed by atoms with Crippen molar-refractivity contribution < 1.29 is 4.79 Å². The molecule has 104 valence electrons. The molecule has 1 aromatic carbocycles. The number of hydrogen-bond acceptors (Lipinski definition) is 2. The predicted molar refractivity (Wildman–Crippen MR) is 79.9 cm³/mol. The van der Waals surface area contributed by atoms with Crippen LogP contribution in [-0.2, 0) is 4.79 Å². The molecule has 0 aliphatic carbocycles. The predicted octanol–water partition coefficient (Wildman–Crippen LogP) is 2.76. The molecule has 1 N–H and O–H groups in total. The molecule has 3 heteroatoms. The van der Waals surface area contributed by atoms with Gasteiger partial charge in [-0.15, -0.1) is 0 Å². The lowest BCUT2D eigenvalue weighted by molar-refractivity contribution is -0.117. The van der Waals surface area contributed by atoms with Crippen molar-refractivity contribution in [2.24, 2.45) is 0 Å².